The summed E-state index contributed by atoms with van der Waals surface area (Å²) in [5, 5.41) is -0.657. The van der Waals surface area contributed by atoms with Gasteiger partial charge in [-0.1, -0.05) is 6.07 Å². The fraction of sp³-hybridized carbons (Fsp3) is 0.571. The van der Waals surface area contributed by atoms with E-state index in [0.29, 0.717) is 24.7 Å². The van der Waals surface area contributed by atoms with Gasteiger partial charge in [0.2, 0.25) is 0 Å². The molecule has 2 unspecified atom stereocenters. The normalized spacial score (nSPS) is 14.5. The molecule has 0 saturated carbocycles. The average Bonchev–Trinajstić information content (AvgIpc) is 2.41. The van der Waals surface area contributed by atoms with Gasteiger partial charge in [-0.05, 0) is 38.5 Å². The smallest absolute Gasteiger partial charge is 0.161 e. The average molecular weight is 316 g/mol. The van der Waals surface area contributed by atoms with Crippen LogP contribution in [0.2, 0.25) is 0 Å². The maximum Gasteiger partial charge on any atom is 0.161 e. The number of nitrogens with two attached hydrogens (primary N) is 1. The zero-order valence-corrected chi connectivity index (χ0v) is 13.7. The highest BCUT2D eigenvalue weighted by Gasteiger charge is 2.27. The first-order valence-corrected chi connectivity index (χ1v) is 8.85. The Labute approximate surface area is 126 Å². The maximum absolute atomic E-state index is 11.7. The summed E-state index contributed by atoms with van der Waals surface area (Å²) in [7, 11) is -3.22. The lowest BCUT2D eigenvalue weighted by atomic mass is 10.0. The molecule has 0 saturated heterocycles. The minimum atomic E-state index is -3.22. The van der Waals surface area contributed by atoms with Crippen molar-refractivity contribution in [3.05, 3.63) is 23.8 Å². The van der Waals surface area contributed by atoms with Crippen molar-refractivity contribution in [2.24, 2.45) is 5.84 Å². The van der Waals surface area contributed by atoms with Crippen LogP contribution in [0.5, 0.6) is 11.5 Å². The van der Waals surface area contributed by atoms with E-state index in [1.54, 1.807) is 25.1 Å². The first kappa shape index (κ1) is 17.7. The molecule has 7 heteroatoms. The van der Waals surface area contributed by atoms with E-state index in [2.05, 4.69) is 5.43 Å². The van der Waals surface area contributed by atoms with Crippen LogP contribution in [0.15, 0.2) is 18.2 Å². The fourth-order valence-corrected chi connectivity index (χ4v) is 2.74. The van der Waals surface area contributed by atoms with Gasteiger partial charge < -0.3 is 9.47 Å². The van der Waals surface area contributed by atoms with Crippen LogP contribution in [0.4, 0.5) is 0 Å². The van der Waals surface area contributed by atoms with E-state index in [9.17, 15) is 8.42 Å². The highest BCUT2D eigenvalue weighted by molar-refractivity contribution is 7.91. The Hall–Kier alpha value is -1.31. The van der Waals surface area contributed by atoms with E-state index in [0.717, 1.165) is 5.56 Å². The third-order valence-electron chi connectivity index (χ3n) is 3.25. The summed E-state index contributed by atoms with van der Waals surface area (Å²) in [6.45, 7) is 6.40. The van der Waals surface area contributed by atoms with Crippen LogP contribution in [0, 0.1) is 0 Å². The van der Waals surface area contributed by atoms with Crippen LogP contribution in [-0.4, -0.2) is 33.1 Å². The molecule has 1 aromatic carbocycles. The second kappa shape index (κ2) is 7.63. The summed E-state index contributed by atoms with van der Waals surface area (Å²) in [5.74, 6) is 6.75. The molecule has 0 aliphatic heterocycles. The number of hydrogen-bond acceptors (Lipinski definition) is 6. The van der Waals surface area contributed by atoms with Crippen molar-refractivity contribution in [3.8, 4) is 11.5 Å². The molecular formula is C14H24N2O4S. The Kier molecular flexibility index (Phi) is 6.44. The number of ether oxygens (including phenoxy) is 2. The van der Waals surface area contributed by atoms with Gasteiger partial charge in [-0.25, -0.2) is 8.42 Å². The number of rotatable bonds is 8. The van der Waals surface area contributed by atoms with E-state index in [-0.39, 0.29) is 0 Å². The van der Waals surface area contributed by atoms with E-state index >= 15 is 0 Å². The molecule has 0 amide bonds. The third kappa shape index (κ3) is 4.59. The van der Waals surface area contributed by atoms with Crippen LogP contribution in [0.3, 0.4) is 0 Å². The van der Waals surface area contributed by atoms with Crippen LogP contribution in [-0.2, 0) is 9.84 Å². The van der Waals surface area contributed by atoms with Crippen molar-refractivity contribution >= 4 is 9.84 Å². The monoisotopic (exact) mass is 316 g/mol. The Morgan fingerprint density at radius 1 is 1.19 bits per heavy atom. The Bertz CT molecular complexity index is 560. The van der Waals surface area contributed by atoms with E-state index in [4.69, 9.17) is 15.3 Å². The molecule has 0 radical (unpaired) electrons. The Balaban J connectivity index is 3.19. The third-order valence-corrected chi connectivity index (χ3v) is 4.87. The zero-order chi connectivity index (χ0) is 16.0. The number of hydrogen-bond donors (Lipinski definition) is 2. The Morgan fingerprint density at radius 3 is 2.24 bits per heavy atom. The van der Waals surface area contributed by atoms with Crippen molar-refractivity contribution in [1.82, 2.24) is 5.43 Å². The summed E-state index contributed by atoms with van der Waals surface area (Å²) < 4.78 is 34.5. The highest BCUT2D eigenvalue weighted by atomic mass is 32.2. The predicted molar refractivity (Wildman–Crippen MR) is 83.1 cm³/mol. The fourth-order valence-electron chi connectivity index (χ4n) is 2.01. The summed E-state index contributed by atoms with van der Waals surface area (Å²) in [4.78, 5) is 0. The van der Waals surface area contributed by atoms with Crippen LogP contribution in [0.25, 0.3) is 0 Å². The predicted octanol–water partition coefficient (Wildman–Crippen LogP) is 1.42. The van der Waals surface area contributed by atoms with E-state index in [1.165, 1.54) is 6.26 Å². The van der Waals surface area contributed by atoms with Gasteiger partial charge in [0.05, 0.1) is 24.5 Å². The first-order chi connectivity index (χ1) is 9.85. The summed E-state index contributed by atoms with van der Waals surface area (Å²) in [5.41, 5.74) is 3.31. The minimum Gasteiger partial charge on any atom is -0.490 e. The lowest BCUT2D eigenvalue weighted by Crippen LogP contribution is -2.38. The lowest BCUT2D eigenvalue weighted by molar-refractivity contribution is 0.287. The molecule has 6 nitrogen and oxygen atoms in total. The van der Waals surface area contributed by atoms with Crippen LogP contribution in [0.1, 0.15) is 32.4 Å². The molecule has 0 aliphatic carbocycles. The molecule has 0 fully saturated rings. The van der Waals surface area contributed by atoms with Gasteiger partial charge in [0.25, 0.3) is 0 Å². The van der Waals surface area contributed by atoms with Crippen molar-refractivity contribution < 1.29 is 17.9 Å². The number of hydrazine groups is 1. The van der Waals surface area contributed by atoms with E-state index in [1.807, 2.05) is 13.8 Å². The van der Waals surface area contributed by atoms with Crippen molar-refractivity contribution in [1.29, 1.82) is 0 Å². The summed E-state index contributed by atoms with van der Waals surface area (Å²) in [6, 6.07) is 4.80. The quantitative estimate of drug-likeness (QED) is 0.557. The standard InChI is InChI=1S/C14H24N2O4S/c1-5-19-12-8-7-11(9-13(12)20-6-2)14(16-15)10(3)21(4,17)18/h7-10,14,16H,5-6,15H2,1-4H3. The molecule has 1 aromatic rings. The van der Waals surface area contributed by atoms with Gasteiger partial charge >= 0.3 is 0 Å². The zero-order valence-electron chi connectivity index (χ0n) is 12.9. The molecule has 1 rings (SSSR count). The summed E-state index contributed by atoms with van der Waals surface area (Å²) in [6.07, 6.45) is 1.19. The largest absolute Gasteiger partial charge is 0.490 e. The minimum absolute atomic E-state index is 0.492. The second-order valence-electron chi connectivity index (χ2n) is 4.75. The molecule has 0 aromatic heterocycles. The molecule has 0 bridgehead atoms. The molecule has 0 aliphatic rings. The van der Waals surface area contributed by atoms with Gasteiger partial charge in [0.15, 0.2) is 21.3 Å². The number of benzene rings is 1. The van der Waals surface area contributed by atoms with Crippen LogP contribution < -0.4 is 20.7 Å². The Morgan fingerprint density at radius 2 is 1.76 bits per heavy atom. The van der Waals surface area contributed by atoms with Gasteiger partial charge in [0.1, 0.15) is 0 Å². The molecule has 3 N–H and O–H groups in total. The highest BCUT2D eigenvalue weighted by Crippen LogP contribution is 2.32. The number of nitrogens with one attached hydrogen (secondary N) is 1. The lowest BCUT2D eigenvalue weighted by Gasteiger charge is -2.23. The molecule has 0 spiro atoms. The van der Waals surface area contributed by atoms with Crippen molar-refractivity contribution in [2.45, 2.75) is 32.1 Å². The maximum atomic E-state index is 11.7. The molecule has 2 atom stereocenters. The summed E-state index contributed by atoms with van der Waals surface area (Å²) >= 11 is 0. The van der Waals surface area contributed by atoms with Crippen LogP contribution >= 0.6 is 0 Å². The molecule has 0 heterocycles. The topological polar surface area (TPSA) is 90.6 Å². The first-order valence-electron chi connectivity index (χ1n) is 6.89. The van der Waals surface area contributed by atoms with Crippen molar-refractivity contribution in [2.75, 3.05) is 19.5 Å². The van der Waals surface area contributed by atoms with Gasteiger partial charge in [-0.3, -0.25) is 11.3 Å². The van der Waals surface area contributed by atoms with Gasteiger partial charge in [-0.2, -0.15) is 0 Å². The molecular weight excluding hydrogens is 292 g/mol. The second-order valence-corrected chi connectivity index (χ2v) is 7.15. The number of sulfone groups is 1. The van der Waals surface area contributed by atoms with Gasteiger partial charge in [-0.15, -0.1) is 0 Å². The molecule has 120 valence electrons. The molecule has 21 heavy (non-hydrogen) atoms. The van der Waals surface area contributed by atoms with Crippen molar-refractivity contribution in [3.63, 3.8) is 0 Å². The van der Waals surface area contributed by atoms with E-state index < -0.39 is 21.1 Å². The van der Waals surface area contributed by atoms with Gasteiger partial charge in [0, 0.05) is 6.26 Å². The SMILES string of the molecule is CCOc1ccc(C(NN)C(C)S(C)(=O)=O)cc1OCC.